The van der Waals surface area contributed by atoms with Crippen LogP contribution in [0.3, 0.4) is 0 Å². The normalized spacial score (nSPS) is 18.9. The molecule has 0 aliphatic carbocycles. The van der Waals surface area contributed by atoms with E-state index in [0.29, 0.717) is 19.5 Å². The predicted molar refractivity (Wildman–Crippen MR) is 73.0 cm³/mol. The van der Waals surface area contributed by atoms with E-state index in [0.717, 1.165) is 25.0 Å². The Kier molecular flexibility index (Phi) is 6.93. The third kappa shape index (κ3) is 4.76. The molecule has 0 saturated carbocycles. The fourth-order valence-corrected chi connectivity index (χ4v) is 2.60. The number of carboxylic acids is 1. The van der Waals surface area contributed by atoms with Gasteiger partial charge in [-0.25, -0.2) is 9.59 Å². The second kappa shape index (κ2) is 8.24. The molecular formula is C12H22N2O3S. The van der Waals surface area contributed by atoms with Gasteiger partial charge in [-0.2, -0.15) is 11.8 Å². The minimum atomic E-state index is -0.900. The second-order valence-electron chi connectivity index (χ2n) is 4.48. The highest BCUT2D eigenvalue weighted by Gasteiger charge is 2.33. The number of likely N-dealkylation sites (tertiary alicyclic amines) is 1. The van der Waals surface area contributed by atoms with Crippen molar-refractivity contribution in [3.63, 3.8) is 0 Å². The molecule has 0 aromatic rings. The number of hydrogen-bond donors (Lipinski definition) is 2. The first-order valence-electron chi connectivity index (χ1n) is 6.43. The monoisotopic (exact) mass is 274 g/mol. The van der Waals surface area contributed by atoms with Gasteiger partial charge in [0.25, 0.3) is 0 Å². The Morgan fingerprint density at radius 3 is 2.83 bits per heavy atom. The van der Waals surface area contributed by atoms with E-state index in [9.17, 15) is 9.59 Å². The van der Waals surface area contributed by atoms with Crippen LogP contribution in [0.25, 0.3) is 0 Å². The van der Waals surface area contributed by atoms with E-state index in [1.165, 1.54) is 11.3 Å². The second-order valence-corrected chi connectivity index (χ2v) is 5.46. The summed E-state index contributed by atoms with van der Waals surface area (Å²) in [5.74, 6) is 0.254. The molecule has 1 heterocycles. The van der Waals surface area contributed by atoms with Gasteiger partial charge in [0, 0.05) is 13.1 Å². The zero-order valence-corrected chi connectivity index (χ0v) is 11.7. The molecule has 104 valence electrons. The number of nitrogens with one attached hydrogen (secondary N) is 1. The first-order chi connectivity index (χ1) is 8.66. The van der Waals surface area contributed by atoms with Crippen molar-refractivity contribution in [2.45, 2.75) is 38.1 Å². The van der Waals surface area contributed by atoms with Crippen LogP contribution in [-0.4, -0.2) is 53.1 Å². The van der Waals surface area contributed by atoms with Crippen molar-refractivity contribution in [2.24, 2.45) is 0 Å². The first kappa shape index (κ1) is 15.1. The number of rotatable bonds is 7. The van der Waals surface area contributed by atoms with Crippen molar-refractivity contribution in [3.05, 3.63) is 0 Å². The number of carboxylic acid groups (broad SMARTS) is 1. The molecule has 2 amide bonds. The number of nitrogens with zero attached hydrogens (tertiary/aromatic N) is 1. The summed E-state index contributed by atoms with van der Waals surface area (Å²) in [6.07, 6.45) is 6.65. The molecule has 1 aliphatic heterocycles. The molecule has 6 heteroatoms. The van der Waals surface area contributed by atoms with E-state index in [1.54, 1.807) is 0 Å². The fraction of sp³-hybridized carbons (Fsp3) is 0.833. The molecular weight excluding hydrogens is 252 g/mol. The topological polar surface area (TPSA) is 69.6 Å². The lowest BCUT2D eigenvalue weighted by Gasteiger charge is -2.21. The highest BCUT2D eigenvalue weighted by atomic mass is 32.2. The van der Waals surface area contributed by atoms with Crippen LogP contribution in [-0.2, 0) is 4.79 Å². The lowest BCUT2D eigenvalue weighted by molar-refractivity contribution is -0.141. The maximum absolute atomic E-state index is 11.8. The Morgan fingerprint density at radius 1 is 1.39 bits per heavy atom. The molecule has 1 atom stereocenters. The number of hydrogen-bond acceptors (Lipinski definition) is 3. The molecule has 1 aliphatic rings. The molecule has 2 N–H and O–H groups in total. The molecule has 1 fully saturated rings. The summed E-state index contributed by atoms with van der Waals surface area (Å²) in [6, 6.07) is -0.869. The van der Waals surface area contributed by atoms with Gasteiger partial charge >= 0.3 is 12.0 Å². The van der Waals surface area contributed by atoms with Gasteiger partial charge in [0.05, 0.1) is 0 Å². The van der Waals surface area contributed by atoms with Crippen LogP contribution in [0.2, 0.25) is 0 Å². The molecule has 0 radical (unpaired) electrons. The minimum Gasteiger partial charge on any atom is -0.480 e. The van der Waals surface area contributed by atoms with Gasteiger partial charge in [-0.1, -0.05) is 6.42 Å². The molecule has 0 bridgehead atoms. The maximum atomic E-state index is 11.8. The number of amides is 2. The van der Waals surface area contributed by atoms with Gasteiger partial charge in [0.2, 0.25) is 0 Å². The van der Waals surface area contributed by atoms with E-state index in [-0.39, 0.29) is 6.03 Å². The van der Waals surface area contributed by atoms with Gasteiger partial charge in [-0.05, 0) is 37.7 Å². The number of carbonyl (C=O) groups is 2. The van der Waals surface area contributed by atoms with Crippen LogP contribution < -0.4 is 5.32 Å². The van der Waals surface area contributed by atoms with Crippen molar-refractivity contribution < 1.29 is 14.7 Å². The van der Waals surface area contributed by atoms with Crippen molar-refractivity contribution >= 4 is 23.8 Å². The molecule has 1 rings (SSSR count). The van der Waals surface area contributed by atoms with E-state index < -0.39 is 12.0 Å². The summed E-state index contributed by atoms with van der Waals surface area (Å²) in [7, 11) is 0. The van der Waals surface area contributed by atoms with E-state index in [4.69, 9.17) is 5.11 Å². The molecule has 0 aromatic carbocycles. The summed E-state index contributed by atoms with van der Waals surface area (Å²) in [6.45, 7) is 1.19. The van der Waals surface area contributed by atoms with Gasteiger partial charge in [0.1, 0.15) is 6.04 Å². The lowest BCUT2D eigenvalue weighted by Crippen LogP contribution is -2.46. The fourth-order valence-electron chi connectivity index (χ4n) is 2.11. The Morgan fingerprint density at radius 2 is 2.17 bits per heavy atom. The summed E-state index contributed by atoms with van der Waals surface area (Å²) in [5, 5.41) is 11.8. The van der Waals surface area contributed by atoms with E-state index >= 15 is 0 Å². The quantitative estimate of drug-likeness (QED) is 0.694. The predicted octanol–water partition coefficient (Wildman–Crippen LogP) is 1.78. The third-order valence-corrected chi connectivity index (χ3v) is 3.80. The number of aliphatic carboxylic acids is 1. The van der Waals surface area contributed by atoms with Crippen LogP contribution in [0.5, 0.6) is 0 Å². The van der Waals surface area contributed by atoms with Gasteiger partial charge in [-0.15, -0.1) is 0 Å². The number of urea groups is 1. The number of thioether (sulfide) groups is 1. The Labute approximate surface area is 112 Å². The SMILES string of the molecule is CSCCCCCNC(=O)N1CCC[C@H]1C(=O)O. The largest absolute Gasteiger partial charge is 0.480 e. The molecule has 5 nitrogen and oxygen atoms in total. The Bertz CT molecular complexity index is 286. The highest BCUT2D eigenvalue weighted by Crippen LogP contribution is 2.17. The van der Waals surface area contributed by atoms with Crippen LogP contribution in [0.4, 0.5) is 4.79 Å². The Hall–Kier alpha value is -0.910. The first-order valence-corrected chi connectivity index (χ1v) is 7.82. The summed E-state index contributed by atoms with van der Waals surface area (Å²) < 4.78 is 0. The van der Waals surface area contributed by atoms with E-state index in [1.807, 2.05) is 11.8 Å². The maximum Gasteiger partial charge on any atom is 0.326 e. The van der Waals surface area contributed by atoms with Crippen molar-refractivity contribution in [1.29, 1.82) is 0 Å². The standard InChI is InChI=1S/C12H22N2O3S/c1-18-9-4-2-3-7-13-12(17)14-8-5-6-10(14)11(15)16/h10H,2-9H2,1H3,(H,13,17)(H,15,16)/t10-/m0/s1. The van der Waals surface area contributed by atoms with Crippen molar-refractivity contribution in [2.75, 3.05) is 25.1 Å². The van der Waals surface area contributed by atoms with Crippen molar-refractivity contribution in [1.82, 2.24) is 10.2 Å². The van der Waals surface area contributed by atoms with E-state index in [2.05, 4.69) is 11.6 Å². The molecule has 0 spiro atoms. The van der Waals surface area contributed by atoms with Crippen molar-refractivity contribution in [3.8, 4) is 0 Å². The highest BCUT2D eigenvalue weighted by molar-refractivity contribution is 7.98. The Balaban J connectivity index is 2.18. The molecule has 18 heavy (non-hydrogen) atoms. The minimum absolute atomic E-state index is 0.232. The van der Waals surface area contributed by atoms with Crippen LogP contribution in [0.1, 0.15) is 32.1 Å². The molecule has 0 aromatic heterocycles. The zero-order valence-electron chi connectivity index (χ0n) is 10.9. The molecule has 0 unspecified atom stereocenters. The lowest BCUT2D eigenvalue weighted by atomic mass is 10.2. The van der Waals surface area contributed by atoms with Crippen LogP contribution in [0.15, 0.2) is 0 Å². The number of unbranched alkanes of at least 4 members (excludes halogenated alkanes) is 2. The van der Waals surface area contributed by atoms with Crippen LogP contribution in [0, 0.1) is 0 Å². The summed E-state index contributed by atoms with van der Waals surface area (Å²) in [5.41, 5.74) is 0. The average molecular weight is 274 g/mol. The zero-order chi connectivity index (χ0) is 13.4. The molecule has 1 saturated heterocycles. The summed E-state index contributed by atoms with van der Waals surface area (Å²) >= 11 is 1.83. The van der Waals surface area contributed by atoms with Crippen LogP contribution >= 0.6 is 11.8 Å². The summed E-state index contributed by atoms with van der Waals surface area (Å²) in [4.78, 5) is 24.2. The average Bonchev–Trinajstić information content (AvgIpc) is 2.82. The smallest absolute Gasteiger partial charge is 0.326 e. The van der Waals surface area contributed by atoms with Gasteiger partial charge in [-0.3, -0.25) is 0 Å². The van der Waals surface area contributed by atoms with Gasteiger partial charge in [0.15, 0.2) is 0 Å². The third-order valence-electron chi connectivity index (χ3n) is 3.10. The number of carbonyl (C=O) groups excluding carboxylic acids is 1. The van der Waals surface area contributed by atoms with Gasteiger partial charge < -0.3 is 15.3 Å².